The summed E-state index contributed by atoms with van der Waals surface area (Å²) in [6.07, 6.45) is 14.9. The van der Waals surface area contributed by atoms with E-state index in [0.29, 0.717) is 29.0 Å². The molecule has 0 radical (unpaired) electrons. The Hall–Kier alpha value is -0.340. The van der Waals surface area contributed by atoms with Crippen LogP contribution >= 0.6 is 0 Å². The third-order valence-corrected chi connectivity index (χ3v) is 11.6. The van der Waals surface area contributed by atoms with Gasteiger partial charge < -0.3 is 9.84 Å². The summed E-state index contributed by atoms with van der Waals surface area (Å²) in [5, 5.41) is 10.3. The summed E-state index contributed by atoms with van der Waals surface area (Å²) in [6.45, 7) is 14.9. The van der Waals surface area contributed by atoms with Crippen molar-refractivity contribution in [1.29, 1.82) is 0 Å². The molecule has 0 spiro atoms. The van der Waals surface area contributed by atoms with E-state index in [1.165, 1.54) is 44.9 Å². The minimum atomic E-state index is -0.0919. The van der Waals surface area contributed by atoms with Crippen molar-refractivity contribution >= 4 is 0 Å². The van der Waals surface area contributed by atoms with Gasteiger partial charge in [0.2, 0.25) is 0 Å². The van der Waals surface area contributed by atoms with Gasteiger partial charge in [0.15, 0.2) is 0 Å². The highest BCUT2D eigenvalue weighted by Crippen LogP contribution is 2.68. The number of fused-ring (bicyclic) bond motifs is 5. The minimum absolute atomic E-state index is 0.0919. The molecule has 0 aromatic heterocycles. The number of aliphatic hydroxyl groups excluding tert-OH is 1. The molecule has 5 rings (SSSR count). The largest absolute Gasteiger partial charge is 0.393 e. The quantitative estimate of drug-likeness (QED) is 0.377. The van der Waals surface area contributed by atoms with Gasteiger partial charge in [0.1, 0.15) is 0 Å². The van der Waals surface area contributed by atoms with Crippen molar-refractivity contribution in [2.75, 3.05) is 0 Å². The van der Waals surface area contributed by atoms with Crippen LogP contribution in [0.15, 0.2) is 11.6 Å². The molecule has 11 atom stereocenters. The smallest absolute Gasteiger partial charge is 0.0875 e. The second-order valence-corrected chi connectivity index (χ2v) is 13.1. The van der Waals surface area contributed by atoms with Crippen LogP contribution in [0.2, 0.25) is 0 Å². The number of rotatable bonds is 5. The summed E-state index contributed by atoms with van der Waals surface area (Å²) in [5.74, 6) is 5.62. The fourth-order valence-corrected chi connectivity index (χ4v) is 9.76. The summed E-state index contributed by atoms with van der Waals surface area (Å²) in [6, 6.07) is 0. The van der Waals surface area contributed by atoms with E-state index >= 15 is 0 Å². The molecule has 4 fully saturated rings. The molecule has 176 valence electrons. The van der Waals surface area contributed by atoms with E-state index in [0.717, 1.165) is 48.3 Å². The van der Waals surface area contributed by atoms with Crippen LogP contribution in [0.1, 0.15) is 99.3 Å². The molecule has 0 unspecified atom stereocenters. The lowest BCUT2D eigenvalue weighted by atomic mass is 9.47. The lowest BCUT2D eigenvalue weighted by Crippen LogP contribution is -2.51. The molecule has 1 saturated heterocycles. The molecule has 2 nitrogen and oxygen atoms in total. The predicted molar refractivity (Wildman–Crippen MR) is 128 cm³/mol. The Kier molecular flexibility index (Phi) is 5.70. The van der Waals surface area contributed by atoms with Crippen LogP contribution in [0.4, 0.5) is 0 Å². The first-order valence-electron chi connectivity index (χ1n) is 13.7. The van der Waals surface area contributed by atoms with Gasteiger partial charge in [-0.25, -0.2) is 0 Å². The minimum Gasteiger partial charge on any atom is -0.393 e. The molecule has 5 aliphatic rings. The summed E-state index contributed by atoms with van der Waals surface area (Å²) in [5.41, 5.74) is 2.48. The van der Waals surface area contributed by atoms with Crippen LogP contribution in [0.5, 0.6) is 0 Å². The topological polar surface area (TPSA) is 32.8 Å². The zero-order valence-corrected chi connectivity index (χ0v) is 21.1. The molecule has 0 amide bonds. The zero-order valence-electron chi connectivity index (χ0n) is 21.1. The van der Waals surface area contributed by atoms with Crippen molar-refractivity contribution in [3.05, 3.63) is 11.6 Å². The predicted octanol–water partition coefficient (Wildman–Crippen LogP) is 7.01. The number of epoxide rings is 1. The Morgan fingerprint density at radius 2 is 1.81 bits per heavy atom. The number of aliphatic hydroxyl groups is 1. The highest BCUT2D eigenvalue weighted by atomic mass is 16.6. The van der Waals surface area contributed by atoms with Crippen LogP contribution in [0, 0.1) is 52.3 Å². The molecule has 31 heavy (non-hydrogen) atoms. The maximum atomic E-state index is 10.3. The van der Waals surface area contributed by atoms with E-state index in [2.05, 4.69) is 47.6 Å². The van der Waals surface area contributed by atoms with Gasteiger partial charge in [-0.05, 0) is 104 Å². The van der Waals surface area contributed by atoms with Crippen LogP contribution < -0.4 is 0 Å². The lowest BCUT2D eigenvalue weighted by Gasteiger charge is -2.58. The van der Waals surface area contributed by atoms with Gasteiger partial charge in [-0.15, -0.1) is 0 Å². The molecule has 0 bridgehead atoms. The summed E-state index contributed by atoms with van der Waals surface area (Å²) >= 11 is 0. The van der Waals surface area contributed by atoms with E-state index < -0.39 is 0 Å². The maximum Gasteiger partial charge on any atom is 0.0875 e. The normalized spacial score (nSPS) is 50.8. The number of hydrogen-bond acceptors (Lipinski definition) is 2. The summed E-state index contributed by atoms with van der Waals surface area (Å²) < 4.78 is 6.40. The third kappa shape index (κ3) is 3.40. The number of ether oxygens (including phenoxy) is 1. The van der Waals surface area contributed by atoms with Crippen molar-refractivity contribution in [3.63, 3.8) is 0 Å². The molecule has 0 aromatic carbocycles. The molecular formula is C29H48O2. The average Bonchev–Trinajstić information content (AvgIpc) is 3.42. The van der Waals surface area contributed by atoms with Crippen molar-refractivity contribution in [2.24, 2.45) is 52.3 Å². The maximum absolute atomic E-state index is 10.3. The molecule has 1 heterocycles. The highest BCUT2D eigenvalue weighted by molar-refractivity contribution is 5.25. The van der Waals surface area contributed by atoms with E-state index in [9.17, 15) is 5.11 Å². The summed E-state index contributed by atoms with van der Waals surface area (Å²) in [7, 11) is 0. The fourth-order valence-electron chi connectivity index (χ4n) is 9.76. The Labute approximate surface area is 191 Å². The zero-order chi connectivity index (χ0) is 22.1. The van der Waals surface area contributed by atoms with Gasteiger partial charge in [0, 0.05) is 0 Å². The van der Waals surface area contributed by atoms with Crippen LogP contribution in [0.3, 0.4) is 0 Å². The van der Waals surface area contributed by atoms with Gasteiger partial charge in [0.05, 0.1) is 18.3 Å². The van der Waals surface area contributed by atoms with Crippen molar-refractivity contribution < 1.29 is 9.84 Å². The number of hydrogen-bond donors (Lipinski definition) is 1. The van der Waals surface area contributed by atoms with E-state index in [4.69, 9.17) is 4.74 Å². The lowest BCUT2D eigenvalue weighted by molar-refractivity contribution is -0.0582. The molecule has 1 N–H and O–H groups in total. The van der Waals surface area contributed by atoms with Gasteiger partial charge in [-0.1, -0.05) is 59.6 Å². The second-order valence-electron chi connectivity index (χ2n) is 13.1. The molecule has 3 saturated carbocycles. The van der Waals surface area contributed by atoms with Crippen LogP contribution in [0.25, 0.3) is 0 Å². The SMILES string of the molecule is CC[C@@H](C(C)C)[C@@H]1O[C@H]1[C@@H](C)[C@H]1CC[C@H]2[C@@H]3CC=C4C[C@@H](O)CC[C@]4(C)[C@H]3CC[C@]12C. The van der Waals surface area contributed by atoms with Gasteiger partial charge >= 0.3 is 0 Å². The third-order valence-electron chi connectivity index (χ3n) is 11.6. The first-order chi connectivity index (χ1) is 14.7. The first-order valence-corrected chi connectivity index (χ1v) is 13.7. The van der Waals surface area contributed by atoms with Crippen molar-refractivity contribution in [2.45, 2.75) is 118 Å². The van der Waals surface area contributed by atoms with Gasteiger partial charge in [-0.3, -0.25) is 0 Å². The monoisotopic (exact) mass is 428 g/mol. The fraction of sp³-hybridized carbons (Fsp3) is 0.931. The van der Waals surface area contributed by atoms with Gasteiger partial charge in [-0.2, -0.15) is 0 Å². The van der Waals surface area contributed by atoms with Crippen molar-refractivity contribution in [3.8, 4) is 0 Å². The molecule has 0 aromatic rings. The number of allylic oxidation sites excluding steroid dienone is 1. The van der Waals surface area contributed by atoms with Gasteiger partial charge in [0.25, 0.3) is 0 Å². The van der Waals surface area contributed by atoms with Crippen LogP contribution in [-0.2, 0) is 4.74 Å². The molecular weight excluding hydrogens is 380 g/mol. The van der Waals surface area contributed by atoms with Crippen molar-refractivity contribution in [1.82, 2.24) is 0 Å². The Balaban J connectivity index is 1.33. The first kappa shape index (κ1) is 22.5. The van der Waals surface area contributed by atoms with E-state index in [-0.39, 0.29) is 6.10 Å². The Morgan fingerprint density at radius 3 is 2.52 bits per heavy atom. The van der Waals surface area contributed by atoms with Crippen LogP contribution in [-0.4, -0.2) is 23.4 Å². The molecule has 4 aliphatic carbocycles. The van der Waals surface area contributed by atoms with E-state index in [1.54, 1.807) is 5.57 Å². The molecule has 1 aliphatic heterocycles. The second kappa shape index (κ2) is 7.86. The van der Waals surface area contributed by atoms with E-state index in [1.807, 2.05) is 0 Å². The standard InChI is InChI=1S/C29H48O2/c1-7-21(17(2)3)27-26(31-27)18(4)23-10-11-24-22-9-8-19-16-20(30)12-14-28(19,5)25(22)13-15-29(23,24)6/h8,17-18,20-27,30H,7,9-16H2,1-6H3/t18-,20-,21-,22-,23+,24-,25-,26-,27-,28-,29+/m0/s1. The Morgan fingerprint density at radius 1 is 1.03 bits per heavy atom. The highest BCUT2D eigenvalue weighted by Gasteiger charge is 2.61. The molecule has 2 heteroatoms. The Bertz CT molecular complexity index is 712. The summed E-state index contributed by atoms with van der Waals surface area (Å²) in [4.78, 5) is 0. The average molecular weight is 429 g/mol.